The molecule has 2 rings (SSSR count). The summed E-state index contributed by atoms with van der Waals surface area (Å²) in [6.45, 7) is 1.56. The molecule has 1 fully saturated rings. The lowest BCUT2D eigenvalue weighted by atomic mass is 10.1. The topological polar surface area (TPSA) is 29.5 Å². The van der Waals surface area contributed by atoms with Gasteiger partial charge in [-0.15, -0.1) is 0 Å². The molecule has 0 aliphatic carbocycles. The van der Waals surface area contributed by atoms with E-state index in [9.17, 15) is 9.18 Å². The van der Waals surface area contributed by atoms with E-state index in [-0.39, 0.29) is 17.8 Å². The Morgan fingerprint density at radius 1 is 1.40 bits per heavy atom. The van der Waals surface area contributed by atoms with Gasteiger partial charge in [-0.25, -0.2) is 4.39 Å². The van der Waals surface area contributed by atoms with Gasteiger partial charge in [-0.3, -0.25) is 4.79 Å². The molecule has 0 aromatic heterocycles. The Morgan fingerprint density at radius 2 is 2.15 bits per heavy atom. The van der Waals surface area contributed by atoms with E-state index in [1.165, 1.54) is 12.1 Å². The number of carbonyl (C=O) groups is 1. The Morgan fingerprint density at radius 3 is 2.85 bits per heavy atom. The molecular formula is C16H22FNO2. The molecule has 1 aromatic rings. The van der Waals surface area contributed by atoms with Crippen LogP contribution in [0.3, 0.4) is 0 Å². The summed E-state index contributed by atoms with van der Waals surface area (Å²) in [6.07, 6.45) is 4.41. The molecule has 1 amide bonds. The van der Waals surface area contributed by atoms with Crippen molar-refractivity contribution in [2.75, 3.05) is 20.2 Å². The van der Waals surface area contributed by atoms with Gasteiger partial charge in [-0.05, 0) is 43.4 Å². The van der Waals surface area contributed by atoms with Gasteiger partial charge in [0.15, 0.2) is 0 Å². The highest BCUT2D eigenvalue weighted by Gasteiger charge is 2.22. The highest BCUT2D eigenvalue weighted by molar-refractivity contribution is 5.76. The molecule has 0 spiro atoms. The van der Waals surface area contributed by atoms with Crippen molar-refractivity contribution in [2.24, 2.45) is 0 Å². The number of ether oxygens (including phenoxy) is 1. The van der Waals surface area contributed by atoms with Crippen LogP contribution in [0.4, 0.5) is 4.39 Å². The van der Waals surface area contributed by atoms with E-state index in [0.29, 0.717) is 13.0 Å². The van der Waals surface area contributed by atoms with Gasteiger partial charge in [0, 0.05) is 26.6 Å². The summed E-state index contributed by atoms with van der Waals surface area (Å²) in [6, 6.07) is 6.49. The third-order valence-corrected chi connectivity index (χ3v) is 3.83. The van der Waals surface area contributed by atoms with Gasteiger partial charge in [0.2, 0.25) is 5.91 Å². The molecule has 1 atom stereocenters. The molecule has 4 heteroatoms. The maximum Gasteiger partial charge on any atom is 0.222 e. The first kappa shape index (κ1) is 15.0. The number of amides is 1. The summed E-state index contributed by atoms with van der Waals surface area (Å²) >= 11 is 0. The van der Waals surface area contributed by atoms with Crippen molar-refractivity contribution < 1.29 is 13.9 Å². The average Bonchev–Trinajstić information content (AvgIpc) is 2.49. The second-order valence-corrected chi connectivity index (χ2v) is 5.32. The van der Waals surface area contributed by atoms with Crippen molar-refractivity contribution >= 4 is 5.91 Å². The van der Waals surface area contributed by atoms with Crippen molar-refractivity contribution in [3.05, 3.63) is 35.6 Å². The highest BCUT2D eigenvalue weighted by Crippen LogP contribution is 2.15. The average molecular weight is 279 g/mol. The molecule has 0 radical (unpaired) electrons. The largest absolute Gasteiger partial charge is 0.380 e. The van der Waals surface area contributed by atoms with Crippen molar-refractivity contribution in [3.63, 3.8) is 0 Å². The minimum atomic E-state index is -0.219. The molecule has 110 valence electrons. The van der Waals surface area contributed by atoms with Gasteiger partial charge < -0.3 is 9.64 Å². The summed E-state index contributed by atoms with van der Waals surface area (Å²) in [5.74, 6) is -0.0161. The van der Waals surface area contributed by atoms with E-state index in [1.54, 1.807) is 19.2 Å². The highest BCUT2D eigenvalue weighted by atomic mass is 19.1. The zero-order valence-corrected chi connectivity index (χ0v) is 12.0. The van der Waals surface area contributed by atoms with Crippen LogP contribution in [0.5, 0.6) is 0 Å². The predicted octanol–water partition coefficient (Wildman–Crippen LogP) is 2.79. The Labute approximate surface area is 119 Å². The number of halogens is 1. The van der Waals surface area contributed by atoms with Crippen LogP contribution in [0, 0.1) is 5.82 Å². The van der Waals surface area contributed by atoms with Crippen LogP contribution in [0.2, 0.25) is 0 Å². The fourth-order valence-corrected chi connectivity index (χ4v) is 2.61. The van der Waals surface area contributed by atoms with Crippen molar-refractivity contribution in [1.29, 1.82) is 0 Å². The van der Waals surface area contributed by atoms with Crippen LogP contribution in [-0.2, 0) is 16.0 Å². The number of likely N-dealkylation sites (tertiary alicyclic amines) is 1. The zero-order chi connectivity index (χ0) is 14.4. The number of rotatable bonds is 5. The SMILES string of the molecule is CO[C@@H]1CCCN(C(=O)CCCc2ccc(F)cc2)C1. The first-order valence-corrected chi connectivity index (χ1v) is 7.24. The Kier molecular flexibility index (Phi) is 5.53. The lowest BCUT2D eigenvalue weighted by Crippen LogP contribution is -2.42. The molecule has 0 saturated carbocycles. The molecule has 1 aromatic carbocycles. The molecule has 1 saturated heterocycles. The third-order valence-electron chi connectivity index (χ3n) is 3.83. The van der Waals surface area contributed by atoms with Crippen LogP contribution >= 0.6 is 0 Å². The molecule has 0 unspecified atom stereocenters. The van der Waals surface area contributed by atoms with Crippen molar-refractivity contribution in [3.8, 4) is 0 Å². The standard InChI is InChI=1S/C16H22FNO2/c1-20-15-5-3-11-18(12-15)16(19)6-2-4-13-7-9-14(17)10-8-13/h7-10,15H,2-6,11-12H2,1H3/t15-/m1/s1. The maximum atomic E-state index is 12.8. The second-order valence-electron chi connectivity index (χ2n) is 5.32. The van der Waals surface area contributed by atoms with Crippen LogP contribution in [-0.4, -0.2) is 37.1 Å². The van der Waals surface area contributed by atoms with Gasteiger partial charge in [0.05, 0.1) is 6.10 Å². The predicted molar refractivity (Wildman–Crippen MR) is 75.9 cm³/mol. The van der Waals surface area contributed by atoms with Gasteiger partial charge in [0.1, 0.15) is 5.82 Å². The van der Waals surface area contributed by atoms with Crippen molar-refractivity contribution in [1.82, 2.24) is 4.90 Å². The quantitative estimate of drug-likeness (QED) is 0.829. The fourth-order valence-electron chi connectivity index (χ4n) is 2.61. The van der Waals surface area contributed by atoms with E-state index in [4.69, 9.17) is 4.74 Å². The number of hydrogen-bond donors (Lipinski definition) is 0. The second kappa shape index (κ2) is 7.39. The minimum Gasteiger partial charge on any atom is -0.380 e. The van der Waals surface area contributed by atoms with Gasteiger partial charge >= 0.3 is 0 Å². The van der Waals surface area contributed by atoms with Crippen LogP contribution < -0.4 is 0 Å². The molecular weight excluding hydrogens is 257 g/mol. The number of nitrogens with zero attached hydrogens (tertiary/aromatic N) is 1. The Hall–Kier alpha value is -1.42. The number of carbonyl (C=O) groups excluding carboxylic acids is 1. The molecule has 0 N–H and O–H groups in total. The van der Waals surface area contributed by atoms with E-state index >= 15 is 0 Å². The number of aryl methyl sites for hydroxylation is 1. The summed E-state index contributed by atoms with van der Waals surface area (Å²) in [4.78, 5) is 14.0. The number of hydrogen-bond acceptors (Lipinski definition) is 2. The van der Waals surface area contributed by atoms with E-state index in [1.807, 2.05) is 4.90 Å². The Bertz CT molecular complexity index is 433. The molecule has 1 aliphatic heterocycles. The van der Waals surface area contributed by atoms with Crippen LogP contribution in [0.25, 0.3) is 0 Å². The summed E-state index contributed by atoms with van der Waals surface area (Å²) in [5, 5.41) is 0. The van der Waals surface area contributed by atoms with E-state index in [0.717, 1.165) is 37.8 Å². The number of methoxy groups -OCH3 is 1. The first-order valence-electron chi connectivity index (χ1n) is 7.24. The van der Waals surface area contributed by atoms with Gasteiger partial charge in [-0.2, -0.15) is 0 Å². The molecule has 1 aliphatic rings. The summed E-state index contributed by atoms with van der Waals surface area (Å²) in [7, 11) is 1.70. The Balaban J connectivity index is 1.73. The van der Waals surface area contributed by atoms with E-state index < -0.39 is 0 Å². The zero-order valence-electron chi connectivity index (χ0n) is 12.0. The van der Waals surface area contributed by atoms with Gasteiger partial charge in [-0.1, -0.05) is 12.1 Å². The van der Waals surface area contributed by atoms with E-state index in [2.05, 4.69) is 0 Å². The van der Waals surface area contributed by atoms with Crippen molar-refractivity contribution in [2.45, 2.75) is 38.2 Å². The number of piperidine rings is 1. The summed E-state index contributed by atoms with van der Waals surface area (Å²) in [5.41, 5.74) is 1.08. The molecule has 1 heterocycles. The third kappa shape index (κ3) is 4.30. The molecule has 3 nitrogen and oxygen atoms in total. The monoisotopic (exact) mass is 279 g/mol. The summed E-state index contributed by atoms with van der Waals surface area (Å²) < 4.78 is 18.1. The smallest absolute Gasteiger partial charge is 0.222 e. The lowest BCUT2D eigenvalue weighted by Gasteiger charge is -2.32. The maximum absolute atomic E-state index is 12.8. The first-order chi connectivity index (χ1) is 9.69. The van der Waals surface area contributed by atoms with Gasteiger partial charge in [0.25, 0.3) is 0 Å². The number of benzene rings is 1. The normalized spacial score (nSPS) is 19.1. The minimum absolute atomic E-state index is 0.185. The molecule has 0 bridgehead atoms. The van der Waals surface area contributed by atoms with Crippen LogP contribution in [0.15, 0.2) is 24.3 Å². The molecule has 20 heavy (non-hydrogen) atoms. The van der Waals surface area contributed by atoms with Crippen LogP contribution in [0.1, 0.15) is 31.2 Å². The lowest BCUT2D eigenvalue weighted by molar-refractivity contribution is -0.134. The fraction of sp³-hybridized carbons (Fsp3) is 0.562.